The van der Waals surface area contributed by atoms with Gasteiger partial charge >= 0.3 is 11.9 Å². The van der Waals surface area contributed by atoms with Crippen molar-refractivity contribution in [2.75, 3.05) is 20.3 Å². The maximum absolute atomic E-state index is 12.5. The van der Waals surface area contributed by atoms with Crippen LogP contribution in [0, 0.1) is 0 Å². The molecule has 144 valence electrons. The molecule has 0 radical (unpaired) electrons. The molecule has 0 saturated carbocycles. The summed E-state index contributed by atoms with van der Waals surface area (Å²) in [6, 6.07) is 6.76. The third-order valence-electron chi connectivity index (χ3n) is 3.73. The number of amides is 1. The molecule has 8 heteroatoms. The standard InChI is InChI=1S/C19H21NO5S2/c1-3-11-25-16(21)5-4-10-20-17(22)15(27-19(20)26)12-13-6-8-14(9-7-13)18(23)24-2/h6-9,12H,3-5,10-11H2,1-2H3. The quantitative estimate of drug-likeness (QED) is 0.371. The van der Waals surface area contributed by atoms with E-state index in [4.69, 9.17) is 17.0 Å². The molecule has 1 aromatic carbocycles. The van der Waals surface area contributed by atoms with E-state index in [-0.39, 0.29) is 18.3 Å². The molecule has 0 N–H and O–H groups in total. The van der Waals surface area contributed by atoms with E-state index >= 15 is 0 Å². The monoisotopic (exact) mass is 407 g/mol. The third kappa shape index (κ3) is 5.90. The Hall–Kier alpha value is -2.19. The van der Waals surface area contributed by atoms with E-state index in [0.717, 1.165) is 12.0 Å². The summed E-state index contributed by atoms with van der Waals surface area (Å²) < 4.78 is 10.2. The van der Waals surface area contributed by atoms with Gasteiger partial charge in [0.15, 0.2) is 0 Å². The number of carbonyl (C=O) groups is 3. The maximum atomic E-state index is 12.5. The van der Waals surface area contributed by atoms with Gasteiger partial charge in [-0.2, -0.15) is 0 Å². The number of nitrogens with zero attached hydrogens (tertiary/aromatic N) is 1. The van der Waals surface area contributed by atoms with Crippen LogP contribution in [0.25, 0.3) is 6.08 Å². The lowest BCUT2D eigenvalue weighted by atomic mass is 10.1. The van der Waals surface area contributed by atoms with Gasteiger partial charge in [-0.25, -0.2) is 4.79 Å². The first-order valence-electron chi connectivity index (χ1n) is 8.55. The Morgan fingerprint density at radius 2 is 1.96 bits per heavy atom. The normalized spacial score (nSPS) is 15.3. The van der Waals surface area contributed by atoms with Gasteiger partial charge in [-0.3, -0.25) is 14.5 Å². The van der Waals surface area contributed by atoms with E-state index in [9.17, 15) is 14.4 Å². The van der Waals surface area contributed by atoms with Crippen LogP contribution in [0.4, 0.5) is 0 Å². The predicted octanol–water partition coefficient (Wildman–Crippen LogP) is 3.41. The van der Waals surface area contributed by atoms with Crippen molar-refractivity contribution in [1.29, 1.82) is 0 Å². The summed E-state index contributed by atoms with van der Waals surface area (Å²) in [5.41, 5.74) is 1.23. The fraction of sp³-hybridized carbons (Fsp3) is 0.368. The lowest BCUT2D eigenvalue weighted by Gasteiger charge is -2.13. The van der Waals surface area contributed by atoms with Crippen LogP contribution >= 0.6 is 24.0 Å². The Labute approximate surface area is 167 Å². The first-order valence-corrected chi connectivity index (χ1v) is 9.78. The van der Waals surface area contributed by atoms with Gasteiger partial charge < -0.3 is 9.47 Å². The number of esters is 2. The van der Waals surface area contributed by atoms with Gasteiger partial charge in [0.2, 0.25) is 0 Å². The van der Waals surface area contributed by atoms with Crippen molar-refractivity contribution in [2.45, 2.75) is 26.2 Å². The first kappa shape index (κ1) is 21.1. The van der Waals surface area contributed by atoms with Crippen LogP contribution in [0.3, 0.4) is 0 Å². The van der Waals surface area contributed by atoms with Crippen LogP contribution in [0.15, 0.2) is 29.2 Å². The highest BCUT2D eigenvalue weighted by molar-refractivity contribution is 8.26. The summed E-state index contributed by atoms with van der Waals surface area (Å²) in [6.45, 7) is 2.73. The molecule has 0 spiro atoms. The molecule has 0 aromatic heterocycles. The maximum Gasteiger partial charge on any atom is 0.337 e. The van der Waals surface area contributed by atoms with E-state index in [1.54, 1.807) is 30.3 Å². The molecule has 1 heterocycles. The number of hydrogen-bond donors (Lipinski definition) is 0. The number of rotatable bonds is 8. The molecular weight excluding hydrogens is 386 g/mol. The Morgan fingerprint density at radius 1 is 1.26 bits per heavy atom. The molecule has 0 aliphatic carbocycles. The molecule has 0 atom stereocenters. The van der Waals surface area contributed by atoms with Gasteiger partial charge in [-0.15, -0.1) is 0 Å². The topological polar surface area (TPSA) is 72.9 Å². The molecule has 1 fully saturated rings. The van der Waals surface area contributed by atoms with Crippen molar-refractivity contribution in [3.05, 3.63) is 40.3 Å². The van der Waals surface area contributed by atoms with Gasteiger partial charge in [0, 0.05) is 13.0 Å². The second-order valence-electron chi connectivity index (χ2n) is 5.77. The Kier molecular flexibility index (Phi) is 7.99. The van der Waals surface area contributed by atoms with E-state index in [0.29, 0.717) is 34.4 Å². The smallest absolute Gasteiger partial charge is 0.337 e. The molecule has 0 unspecified atom stereocenters. The number of hydrogen-bond acceptors (Lipinski definition) is 7. The summed E-state index contributed by atoms with van der Waals surface area (Å²) >= 11 is 6.51. The van der Waals surface area contributed by atoms with Gasteiger partial charge in [0.25, 0.3) is 5.91 Å². The summed E-state index contributed by atoms with van der Waals surface area (Å²) in [5.74, 6) is -0.849. The van der Waals surface area contributed by atoms with E-state index in [2.05, 4.69) is 4.74 Å². The highest BCUT2D eigenvalue weighted by Gasteiger charge is 2.31. The molecule has 1 amide bonds. The minimum absolute atomic E-state index is 0.177. The van der Waals surface area contributed by atoms with Crippen LogP contribution in [-0.4, -0.2) is 47.3 Å². The summed E-state index contributed by atoms with van der Waals surface area (Å²) in [6.07, 6.45) is 3.27. The lowest BCUT2D eigenvalue weighted by Crippen LogP contribution is -2.29. The number of methoxy groups -OCH3 is 1. The van der Waals surface area contributed by atoms with Crippen LogP contribution in [0.1, 0.15) is 42.1 Å². The molecule has 1 aromatic rings. The highest BCUT2D eigenvalue weighted by atomic mass is 32.2. The van der Waals surface area contributed by atoms with Crippen molar-refractivity contribution < 1.29 is 23.9 Å². The van der Waals surface area contributed by atoms with E-state index < -0.39 is 5.97 Å². The molecule has 1 aliphatic rings. The zero-order valence-electron chi connectivity index (χ0n) is 15.2. The minimum Gasteiger partial charge on any atom is -0.466 e. The molecule has 6 nitrogen and oxygen atoms in total. The van der Waals surface area contributed by atoms with Crippen molar-refractivity contribution in [3.63, 3.8) is 0 Å². The average molecular weight is 408 g/mol. The van der Waals surface area contributed by atoms with Gasteiger partial charge in [0.1, 0.15) is 4.32 Å². The molecule has 27 heavy (non-hydrogen) atoms. The predicted molar refractivity (Wildman–Crippen MR) is 108 cm³/mol. The zero-order valence-corrected chi connectivity index (χ0v) is 16.9. The molecule has 0 bridgehead atoms. The third-order valence-corrected chi connectivity index (χ3v) is 5.11. The van der Waals surface area contributed by atoms with E-state index in [1.807, 2.05) is 6.92 Å². The van der Waals surface area contributed by atoms with Crippen molar-refractivity contribution in [2.24, 2.45) is 0 Å². The Morgan fingerprint density at radius 3 is 2.59 bits per heavy atom. The minimum atomic E-state index is -0.412. The Bertz CT molecular complexity index is 758. The highest BCUT2D eigenvalue weighted by Crippen LogP contribution is 2.32. The number of thioether (sulfide) groups is 1. The second-order valence-corrected chi connectivity index (χ2v) is 7.45. The fourth-order valence-electron chi connectivity index (χ4n) is 2.35. The average Bonchev–Trinajstić information content (AvgIpc) is 2.93. The SMILES string of the molecule is CCCOC(=O)CCCN1C(=O)C(=Cc2ccc(C(=O)OC)cc2)SC1=S. The number of thiocarbonyl (C=S) groups is 1. The summed E-state index contributed by atoms with van der Waals surface area (Å²) in [5, 5.41) is 0. The van der Waals surface area contributed by atoms with Crippen molar-refractivity contribution in [1.82, 2.24) is 4.90 Å². The molecule has 2 rings (SSSR count). The number of benzene rings is 1. The number of carbonyl (C=O) groups excluding carboxylic acids is 3. The van der Waals surface area contributed by atoms with Crippen LogP contribution in [0.5, 0.6) is 0 Å². The second kappa shape index (κ2) is 10.2. The molecule has 1 aliphatic heterocycles. The van der Waals surface area contributed by atoms with Gasteiger partial charge in [-0.05, 0) is 36.6 Å². The van der Waals surface area contributed by atoms with Gasteiger partial charge in [0.05, 0.1) is 24.2 Å². The lowest BCUT2D eigenvalue weighted by molar-refractivity contribution is -0.144. The first-order chi connectivity index (χ1) is 13.0. The van der Waals surface area contributed by atoms with Crippen LogP contribution < -0.4 is 0 Å². The molecular formula is C19H21NO5S2. The Balaban J connectivity index is 1.95. The van der Waals surface area contributed by atoms with Gasteiger partial charge in [-0.1, -0.05) is 43.0 Å². The summed E-state index contributed by atoms with van der Waals surface area (Å²) in [4.78, 5) is 37.6. The molecule has 1 saturated heterocycles. The largest absolute Gasteiger partial charge is 0.466 e. The summed E-state index contributed by atoms with van der Waals surface area (Å²) in [7, 11) is 1.32. The van der Waals surface area contributed by atoms with Crippen LogP contribution in [-0.2, 0) is 19.1 Å². The zero-order chi connectivity index (χ0) is 19.8. The number of ether oxygens (including phenoxy) is 2. The van der Waals surface area contributed by atoms with Crippen molar-refractivity contribution >= 4 is 52.2 Å². The van der Waals surface area contributed by atoms with Crippen LogP contribution in [0.2, 0.25) is 0 Å². The van der Waals surface area contributed by atoms with E-state index in [1.165, 1.54) is 23.8 Å². The van der Waals surface area contributed by atoms with Crippen molar-refractivity contribution in [3.8, 4) is 0 Å². The fourth-order valence-corrected chi connectivity index (χ4v) is 3.66.